The molecule has 8 nitrogen and oxygen atoms in total. The van der Waals surface area contributed by atoms with E-state index in [9.17, 15) is 14.9 Å². The van der Waals surface area contributed by atoms with Crippen LogP contribution in [0.1, 0.15) is 47.1 Å². The molecule has 0 atom stereocenters. The molecule has 138 valence electrons. The van der Waals surface area contributed by atoms with E-state index in [2.05, 4.69) is 41.5 Å². The molecule has 0 radical (unpaired) electrons. The molecule has 27 heavy (non-hydrogen) atoms. The number of hydrogen-bond donors (Lipinski definition) is 1. The average molecular weight is 366 g/mol. The number of nitrogens with one attached hydrogen (secondary N) is 1. The van der Waals surface area contributed by atoms with E-state index in [0.717, 1.165) is 5.56 Å². The van der Waals surface area contributed by atoms with E-state index < -0.39 is 10.8 Å². The van der Waals surface area contributed by atoms with E-state index in [1.54, 1.807) is 0 Å². The maximum Gasteiger partial charge on any atom is 0.322 e. The molecular weight excluding hydrogens is 348 g/mol. The summed E-state index contributed by atoms with van der Waals surface area (Å²) in [4.78, 5) is 22.3. The lowest BCUT2D eigenvalue weighted by atomic mass is 10.0. The standard InChI is InChI=1S/C19H18N4O4/c1-12(2)14-5-3-13(4-6-14)11-17-21-22-19(27-17)20-18(24)15-7-9-16(10-8-15)23(25)26/h3-10,12H,11H2,1-2H3,(H,20,22,24). The molecule has 3 aromatic rings. The number of rotatable bonds is 6. The van der Waals surface area contributed by atoms with Crippen molar-refractivity contribution in [3.05, 3.63) is 81.2 Å². The predicted molar refractivity (Wildman–Crippen MR) is 98.7 cm³/mol. The van der Waals surface area contributed by atoms with E-state index in [-0.39, 0.29) is 17.3 Å². The van der Waals surface area contributed by atoms with Crippen molar-refractivity contribution >= 4 is 17.6 Å². The highest BCUT2D eigenvalue weighted by Gasteiger charge is 2.13. The lowest BCUT2D eigenvalue weighted by Crippen LogP contribution is -2.12. The molecule has 3 rings (SSSR count). The number of benzene rings is 2. The highest BCUT2D eigenvalue weighted by Crippen LogP contribution is 2.18. The van der Waals surface area contributed by atoms with Crippen LogP contribution in [0.2, 0.25) is 0 Å². The van der Waals surface area contributed by atoms with Crippen LogP contribution >= 0.6 is 0 Å². The third-order valence-electron chi connectivity index (χ3n) is 4.03. The number of anilines is 1. The summed E-state index contributed by atoms with van der Waals surface area (Å²) in [6.07, 6.45) is 0.457. The lowest BCUT2D eigenvalue weighted by Gasteiger charge is -2.05. The van der Waals surface area contributed by atoms with Gasteiger partial charge in [-0.05, 0) is 29.2 Å². The zero-order valence-corrected chi connectivity index (χ0v) is 14.9. The van der Waals surface area contributed by atoms with Crippen LogP contribution in [0, 0.1) is 10.1 Å². The molecule has 0 saturated heterocycles. The van der Waals surface area contributed by atoms with E-state index >= 15 is 0 Å². The first-order valence-electron chi connectivity index (χ1n) is 8.39. The Balaban J connectivity index is 1.63. The highest BCUT2D eigenvalue weighted by atomic mass is 16.6. The van der Waals surface area contributed by atoms with Crippen molar-refractivity contribution < 1.29 is 14.1 Å². The van der Waals surface area contributed by atoms with Gasteiger partial charge >= 0.3 is 6.01 Å². The molecular formula is C19H18N4O4. The van der Waals surface area contributed by atoms with Crippen molar-refractivity contribution in [3.63, 3.8) is 0 Å². The fourth-order valence-corrected chi connectivity index (χ4v) is 2.47. The van der Waals surface area contributed by atoms with Crippen LogP contribution in [0.25, 0.3) is 0 Å². The Labute approximate surface area is 155 Å². The van der Waals surface area contributed by atoms with Crippen LogP contribution in [0.4, 0.5) is 11.7 Å². The summed E-state index contributed by atoms with van der Waals surface area (Å²) in [5.41, 5.74) is 2.44. The van der Waals surface area contributed by atoms with Gasteiger partial charge in [0.05, 0.1) is 11.3 Å². The number of aromatic nitrogens is 2. The van der Waals surface area contributed by atoms with Crippen LogP contribution in [0.3, 0.4) is 0 Å². The lowest BCUT2D eigenvalue weighted by molar-refractivity contribution is -0.384. The van der Waals surface area contributed by atoms with Gasteiger partial charge in [-0.3, -0.25) is 20.2 Å². The number of amides is 1. The molecule has 1 aromatic heterocycles. The summed E-state index contributed by atoms with van der Waals surface area (Å²) in [6, 6.07) is 13.4. The van der Waals surface area contributed by atoms with Gasteiger partial charge in [0.2, 0.25) is 5.89 Å². The van der Waals surface area contributed by atoms with Crippen LogP contribution in [0.15, 0.2) is 52.9 Å². The number of hydrogen-bond acceptors (Lipinski definition) is 6. The maximum atomic E-state index is 12.2. The molecule has 0 aliphatic heterocycles. The van der Waals surface area contributed by atoms with Crippen LogP contribution in [-0.2, 0) is 6.42 Å². The van der Waals surface area contributed by atoms with Gasteiger partial charge in [-0.25, -0.2) is 0 Å². The number of carbonyl (C=O) groups excluding carboxylic acids is 1. The number of nitrogens with zero attached hydrogens (tertiary/aromatic N) is 3. The molecule has 0 bridgehead atoms. The summed E-state index contributed by atoms with van der Waals surface area (Å²) in [5, 5.41) is 20.9. The van der Waals surface area contributed by atoms with Gasteiger partial charge in [-0.1, -0.05) is 43.2 Å². The summed E-state index contributed by atoms with van der Waals surface area (Å²) < 4.78 is 5.46. The third-order valence-corrected chi connectivity index (χ3v) is 4.03. The molecule has 0 spiro atoms. The van der Waals surface area contributed by atoms with Gasteiger partial charge in [0.1, 0.15) is 0 Å². The van der Waals surface area contributed by atoms with Crippen molar-refractivity contribution in [3.8, 4) is 0 Å². The second-order valence-electron chi connectivity index (χ2n) is 6.33. The minimum Gasteiger partial charge on any atom is -0.407 e. The average Bonchev–Trinajstić information content (AvgIpc) is 3.09. The monoisotopic (exact) mass is 366 g/mol. The van der Waals surface area contributed by atoms with Crippen molar-refractivity contribution in [1.82, 2.24) is 10.2 Å². The molecule has 0 fully saturated rings. The molecule has 0 saturated carbocycles. The predicted octanol–water partition coefficient (Wildman–Crippen LogP) is 3.94. The summed E-state index contributed by atoms with van der Waals surface area (Å²) in [5.74, 6) is 0.358. The molecule has 0 aliphatic rings. The number of nitro groups is 1. The topological polar surface area (TPSA) is 111 Å². The highest BCUT2D eigenvalue weighted by molar-refractivity contribution is 6.03. The Kier molecular flexibility index (Phi) is 5.25. The molecule has 0 unspecified atom stereocenters. The fraction of sp³-hybridized carbons (Fsp3) is 0.211. The van der Waals surface area contributed by atoms with Crippen molar-refractivity contribution in [2.75, 3.05) is 5.32 Å². The fourth-order valence-electron chi connectivity index (χ4n) is 2.47. The Bertz CT molecular complexity index is 947. The minimum atomic E-state index is -0.528. The van der Waals surface area contributed by atoms with Gasteiger partial charge in [0, 0.05) is 17.7 Å². The van der Waals surface area contributed by atoms with Gasteiger partial charge in [0.15, 0.2) is 0 Å². The smallest absolute Gasteiger partial charge is 0.322 e. The molecule has 1 N–H and O–H groups in total. The SMILES string of the molecule is CC(C)c1ccc(Cc2nnc(NC(=O)c3ccc([N+](=O)[O-])cc3)o2)cc1. The molecule has 2 aromatic carbocycles. The van der Waals surface area contributed by atoms with Crippen LogP contribution < -0.4 is 5.32 Å². The van der Waals surface area contributed by atoms with Gasteiger partial charge in [0.25, 0.3) is 11.6 Å². The second-order valence-corrected chi connectivity index (χ2v) is 6.33. The molecule has 1 heterocycles. The van der Waals surface area contributed by atoms with E-state index in [1.807, 2.05) is 12.1 Å². The molecule has 1 amide bonds. The molecule has 0 aliphatic carbocycles. The Morgan fingerprint density at radius 3 is 2.37 bits per heavy atom. The van der Waals surface area contributed by atoms with E-state index in [1.165, 1.54) is 29.8 Å². The largest absolute Gasteiger partial charge is 0.407 e. The Hall–Kier alpha value is -3.55. The normalized spacial score (nSPS) is 10.8. The number of carbonyl (C=O) groups is 1. The first kappa shape index (κ1) is 18.2. The van der Waals surface area contributed by atoms with Crippen molar-refractivity contribution in [1.29, 1.82) is 0 Å². The van der Waals surface area contributed by atoms with E-state index in [0.29, 0.717) is 18.2 Å². The van der Waals surface area contributed by atoms with Crippen molar-refractivity contribution in [2.45, 2.75) is 26.2 Å². The van der Waals surface area contributed by atoms with E-state index in [4.69, 9.17) is 4.42 Å². The van der Waals surface area contributed by atoms with Crippen LogP contribution in [0.5, 0.6) is 0 Å². The van der Waals surface area contributed by atoms with Crippen LogP contribution in [-0.4, -0.2) is 21.0 Å². The van der Waals surface area contributed by atoms with Crippen molar-refractivity contribution in [2.24, 2.45) is 0 Å². The summed E-state index contributed by atoms with van der Waals surface area (Å²) >= 11 is 0. The second kappa shape index (κ2) is 7.77. The van der Waals surface area contributed by atoms with Gasteiger partial charge in [-0.2, -0.15) is 0 Å². The zero-order valence-electron chi connectivity index (χ0n) is 14.9. The summed E-state index contributed by atoms with van der Waals surface area (Å²) in [7, 11) is 0. The Morgan fingerprint density at radius 2 is 1.78 bits per heavy atom. The van der Waals surface area contributed by atoms with Gasteiger partial charge in [-0.15, -0.1) is 5.10 Å². The Morgan fingerprint density at radius 1 is 1.11 bits per heavy atom. The maximum absolute atomic E-state index is 12.2. The number of non-ortho nitro benzene ring substituents is 1. The zero-order chi connectivity index (χ0) is 19.4. The quantitative estimate of drug-likeness (QED) is 0.522. The first-order chi connectivity index (χ1) is 12.9. The summed E-state index contributed by atoms with van der Waals surface area (Å²) in [6.45, 7) is 4.26. The molecule has 8 heteroatoms. The first-order valence-corrected chi connectivity index (χ1v) is 8.39. The minimum absolute atomic E-state index is 0.0212. The number of nitro benzene ring substituents is 1. The third kappa shape index (κ3) is 4.55. The van der Waals surface area contributed by atoms with Gasteiger partial charge < -0.3 is 4.42 Å².